The molecule has 0 unspecified atom stereocenters. The number of nitrogens with two attached hydrogens (primary N) is 1. The Bertz CT molecular complexity index is 821. The molecule has 150 valence electrons. The minimum atomic E-state index is -0.603. The van der Waals surface area contributed by atoms with Crippen LogP contribution in [0.5, 0.6) is 0 Å². The van der Waals surface area contributed by atoms with Crippen LogP contribution >= 0.6 is 12.4 Å². The molecule has 28 heavy (non-hydrogen) atoms. The number of hydrogen-bond acceptors (Lipinski definition) is 4. The molecule has 1 fully saturated rings. The Hall–Kier alpha value is -2.41. The highest BCUT2D eigenvalue weighted by atomic mass is 35.5. The highest BCUT2D eigenvalue weighted by molar-refractivity contribution is 6.05. The summed E-state index contributed by atoms with van der Waals surface area (Å²) in [5.41, 5.74) is 8.03. The van der Waals surface area contributed by atoms with E-state index in [-0.39, 0.29) is 30.8 Å². The number of carbonyl (C=O) groups is 2. The van der Waals surface area contributed by atoms with Gasteiger partial charge in [0.15, 0.2) is 0 Å². The SMILES string of the molecule is Cc1c(NC(=O)c2ccccc2)cccc1NC(=O)C1(CN)CCOCC1.Cl. The first-order chi connectivity index (χ1) is 13.1. The van der Waals surface area contributed by atoms with Crippen molar-refractivity contribution in [3.05, 3.63) is 59.7 Å². The van der Waals surface area contributed by atoms with Gasteiger partial charge >= 0.3 is 0 Å². The van der Waals surface area contributed by atoms with Crippen molar-refractivity contribution in [1.29, 1.82) is 0 Å². The van der Waals surface area contributed by atoms with Crippen LogP contribution in [0.2, 0.25) is 0 Å². The predicted molar refractivity (Wildman–Crippen MR) is 113 cm³/mol. The number of rotatable bonds is 5. The third-order valence-corrected chi connectivity index (χ3v) is 5.19. The van der Waals surface area contributed by atoms with Crippen LogP contribution in [-0.2, 0) is 9.53 Å². The number of amides is 2. The van der Waals surface area contributed by atoms with Gasteiger partial charge in [-0.05, 0) is 49.6 Å². The van der Waals surface area contributed by atoms with Crippen LogP contribution in [0.4, 0.5) is 11.4 Å². The fraction of sp³-hybridized carbons (Fsp3) is 0.333. The average molecular weight is 404 g/mol. The number of carbonyl (C=O) groups excluding carboxylic acids is 2. The van der Waals surface area contributed by atoms with E-state index in [1.54, 1.807) is 12.1 Å². The third kappa shape index (κ3) is 4.70. The lowest BCUT2D eigenvalue weighted by Crippen LogP contribution is -2.46. The maximum absolute atomic E-state index is 12.9. The summed E-state index contributed by atoms with van der Waals surface area (Å²) in [7, 11) is 0. The lowest BCUT2D eigenvalue weighted by molar-refractivity contribution is -0.130. The van der Waals surface area contributed by atoms with Gasteiger partial charge in [0.05, 0.1) is 5.41 Å². The minimum absolute atomic E-state index is 0. The van der Waals surface area contributed by atoms with E-state index in [2.05, 4.69) is 10.6 Å². The van der Waals surface area contributed by atoms with E-state index in [1.807, 2.05) is 43.3 Å². The Morgan fingerprint density at radius 1 is 1.00 bits per heavy atom. The second-order valence-corrected chi connectivity index (χ2v) is 6.85. The summed E-state index contributed by atoms with van der Waals surface area (Å²) in [5, 5.41) is 5.91. The Morgan fingerprint density at radius 3 is 2.21 bits per heavy atom. The summed E-state index contributed by atoms with van der Waals surface area (Å²) < 4.78 is 5.37. The Morgan fingerprint density at radius 2 is 1.61 bits per heavy atom. The Balaban J connectivity index is 0.00000280. The first-order valence-corrected chi connectivity index (χ1v) is 9.11. The Labute approximate surface area is 171 Å². The van der Waals surface area contributed by atoms with E-state index in [0.29, 0.717) is 43.0 Å². The van der Waals surface area contributed by atoms with Crippen LogP contribution in [0.3, 0.4) is 0 Å². The number of halogens is 1. The largest absolute Gasteiger partial charge is 0.381 e. The molecule has 3 rings (SSSR count). The second-order valence-electron chi connectivity index (χ2n) is 6.85. The van der Waals surface area contributed by atoms with E-state index < -0.39 is 5.41 Å². The average Bonchev–Trinajstić information content (AvgIpc) is 2.72. The molecule has 0 radical (unpaired) electrons. The quantitative estimate of drug-likeness (QED) is 0.713. The second kappa shape index (κ2) is 9.68. The summed E-state index contributed by atoms with van der Waals surface area (Å²) in [6.45, 7) is 3.23. The molecule has 0 atom stereocenters. The van der Waals surface area contributed by atoms with Crippen molar-refractivity contribution in [1.82, 2.24) is 0 Å². The smallest absolute Gasteiger partial charge is 0.255 e. The first-order valence-electron chi connectivity index (χ1n) is 9.11. The number of anilines is 2. The molecule has 2 aromatic carbocycles. The predicted octanol–water partition coefficient (Wildman–Crippen LogP) is 3.36. The first kappa shape index (κ1) is 21.9. The number of nitrogens with one attached hydrogen (secondary N) is 2. The molecule has 0 saturated carbocycles. The topological polar surface area (TPSA) is 93.5 Å². The lowest BCUT2D eigenvalue weighted by Gasteiger charge is -2.34. The number of ether oxygens (including phenoxy) is 1. The van der Waals surface area contributed by atoms with E-state index in [1.165, 1.54) is 0 Å². The standard InChI is InChI=1S/C21H25N3O3.ClH/c1-15-17(23-19(25)16-6-3-2-4-7-16)8-5-9-18(15)24-20(26)21(14-22)10-12-27-13-11-21;/h2-9H,10-14,22H2,1H3,(H,23,25)(H,24,26);1H. The van der Waals surface area contributed by atoms with Gasteiger partial charge < -0.3 is 21.1 Å². The van der Waals surface area contributed by atoms with Gasteiger partial charge in [-0.1, -0.05) is 24.3 Å². The van der Waals surface area contributed by atoms with E-state index >= 15 is 0 Å². The molecule has 0 spiro atoms. The van der Waals surface area contributed by atoms with Crippen LogP contribution in [0, 0.1) is 12.3 Å². The van der Waals surface area contributed by atoms with Crippen molar-refractivity contribution in [2.24, 2.45) is 11.1 Å². The van der Waals surface area contributed by atoms with Gasteiger partial charge in [-0.25, -0.2) is 0 Å². The molecule has 1 saturated heterocycles. The molecule has 0 bridgehead atoms. The van der Waals surface area contributed by atoms with Crippen molar-refractivity contribution >= 4 is 35.6 Å². The molecular weight excluding hydrogens is 378 g/mol. The maximum atomic E-state index is 12.9. The van der Waals surface area contributed by atoms with Gasteiger partial charge in [0.2, 0.25) is 5.91 Å². The highest BCUT2D eigenvalue weighted by Crippen LogP contribution is 2.32. The van der Waals surface area contributed by atoms with Gasteiger partial charge in [0.1, 0.15) is 0 Å². The monoisotopic (exact) mass is 403 g/mol. The number of benzene rings is 2. The molecule has 2 amide bonds. The van der Waals surface area contributed by atoms with Gasteiger partial charge in [-0.2, -0.15) is 0 Å². The number of hydrogen-bond donors (Lipinski definition) is 3. The molecule has 0 aliphatic carbocycles. The normalized spacial score (nSPS) is 15.2. The lowest BCUT2D eigenvalue weighted by atomic mass is 9.79. The molecule has 2 aromatic rings. The molecule has 1 aliphatic heterocycles. The summed E-state index contributed by atoms with van der Waals surface area (Å²) in [6, 6.07) is 14.5. The zero-order chi connectivity index (χ0) is 19.3. The van der Waals surface area contributed by atoms with Gasteiger partial charge in [-0.3, -0.25) is 9.59 Å². The van der Waals surface area contributed by atoms with Crippen LogP contribution < -0.4 is 16.4 Å². The van der Waals surface area contributed by atoms with Crippen molar-refractivity contribution in [2.75, 3.05) is 30.4 Å². The highest BCUT2D eigenvalue weighted by Gasteiger charge is 2.39. The van der Waals surface area contributed by atoms with Crippen molar-refractivity contribution in [3.8, 4) is 0 Å². The van der Waals surface area contributed by atoms with Gasteiger partial charge in [0, 0.05) is 36.7 Å². The fourth-order valence-corrected chi connectivity index (χ4v) is 3.23. The zero-order valence-electron chi connectivity index (χ0n) is 15.9. The van der Waals surface area contributed by atoms with Crippen LogP contribution in [0.1, 0.15) is 28.8 Å². The summed E-state index contributed by atoms with van der Waals surface area (Å²) >= 11 is 0. The molecule has 7 heteroatoms. The third-order valence-electron chi connectivity index (χ3n) is 5.19. The van der Waals surface area contributed by atoms with E-state index in [4.69, 9.17) is 10.5 Å². The molecule has 4 N–H and O–H groups in total. The van der Waals surface area contributed by atoms with Gasteiger partial charge in [0.25, 0.3) is 5.91 Å². The Kier molecular flexibility index (Phi) is 7.57. The minimum Gasteiger partial charge on any atom is -0.381 e. The summed E-state index contributed by atoms with van der Waals surface area (Å²) in [6.07, 6.45) is 1.22. The fourth-order valence-electron chi connectivity index (χ4n) is 3.23. The molecule has 6 nitrogen and oxygen atoms in total. The van der Waals surface area contributed by atoms with Crippen LogP contribution in [0.25, 0.3) is 0 Å². The van der Waals surface area contributed by atoms with E-state index in [0.717, 1.165) is 5.56 Å². The van der Waals surface area contributed by atoms with Crippen molar-refractivity contribution in [2.45, 2.75) is 19.8 Å². The van der Waals surface area contributed by atoms with Crippen molar-refractivity contribution in [3.63, 3.8) is 0 Å². The zero-order valence-corrected chi connectivity index (χ0v) is 16.7. The van der Waals surface area contributed by atoms with E-state index in [9.17, 15) is 9.59 Å². The summed E-state index contributed by atoms with van der Waals surface area (Å²) in [5.74, 6) is -0.284. The van der Waals surface area contributed by atoms with Crippen molar-refractivity contribution < 1.29 is 14.3 Å². The van der Waals surface area contributed by atoms with Crippen LogP contribution in [-0.4, -0.2) is 31.6 Å². The molecule has 1 heterocycles. The van der Waals surface area contributed by atoms with Gasteiger partial charge in [-0.15, -0.1) is 12.4 Å². The molecule has 0 aromatic heterocycles. The molecule has 1 aliphatic rings. The summed E-state index contributed by atoms with van der Waals surface area (Å²) in [4.78, 5) is 25.3. The van der Waals surface area contributed by atoms with Crippen LogP contribution in [0.15, 0.2) is 48.5 Å². The maximum Gasteiger partial charge on any atom is 0.255 e. The molecular formula is C21H26ClN3O3.